The Kier molecular flexibility index (Phi) is 3.81. The molecule has 0 aliphatic carbocycles. The molecular weight excluding hydrogens is 269 g/mol. The van der Waals surface area contributed by atoms with Crippen molar-refractivity contribution < 1.29 is 4.39 Å². The average Bonchev–Trinajstić information content (AvgIpc) is 2.89. The first-order valence-corrected chi connectivity index (χ1v) is 7.57. The van der Waals surface area contributed by atoms with Gasteiger partial charge in [-0.2, -0.15) is 0 Å². The summed E-state index contributed by atoms with van der Waals surface area (Å²) in [6.45, 7) is 0.450. The van der Waals surface area contributed by atoms with Gasteiger partial charge in [-0.3, -0.25) is 0 Å². The summed E-state index contributed by atoms with van der Waals surface area (Å²) in [5, 5.41) is 3.42. The molecule has 2 aromatic carbocycles. The number of rotatable bonds is 4. The first-order valence-electron chi connectivity index (χ1n) is 6.69. The van der Waals surface area contributed by atoms with E-state index < -0.39 is 0 Å². The quantitative estimate of drug-likeness (QED) is 0.759. The van der Waals surface area contributed by atoms with Gasteiger partial charge < -0.3 is 5.73 Å². The molecule has 0 spiro atoms. The molecule has 1 nitrogen and oxygen atoms in total. The normalized spacial score (nSPS) is 12.7. The highest BCUT2D eigenvalue weighted by atomic mass is 32.1. The Balaban J connectivity index is 1.94. The fourth-order valence-corrected chi connectivity index (χ4v) is 3.56. The molecule has 0 saturated carbocycles. The first-order chi connectivity index (χ1) is 9.79. The van der Waals surface area contributed by atoms with Crippen molar-refractivity contribution in [1.29, 1.82) is 0 Å². The smallest absolute Gasteiger partial charge is 0.126 e. The van der Waals surface area contributed by atoms with Gasteiger partial charge in [0.15, 0.2) is 0 Å². The summed E-state index contributed by atoms with van der Waals surface area (Å²) in [7, 11) is 0. The Morgan fingerprint density at radius 3 is 2.60 bits per heavy atom. The molecule has 1 unspecified atom stereocenters. The molecule has 0 radical (unpaired) electrons. The molecule has 3 heteroatoms. The van der Waals surface area contributed by atoms with Crippen LogP contribution in [-0.2, 0) is 6.42 Å². The van der Waals surface area contributed by atoms with Crippen molar-refractivity contribution in [3.63, 3.8) is 0 Å². The Morgan fingerprint density at radius 1 is 1.05 bits per heavy atom. The minimum Gasteiger partial charge on any atom is -0.330 e. The molecule has 0 saturated heterocycles. The van der Waals surface area contributed by atoms with Crippen molar-refractivity contribution in [2.45, 2.75) is 12.3 Å². The van der Waals surface area contributed by atoms with Crippen LogP contribution in [-0.4, -0.2) is 6.54 Å². The standard InChI is InChI=1S/C17H16FNS/c18-16-7-3-1-5-14(16)12(10-19)9-13-11-20-17-8-4-2-6-15(13)17/h1-8,11-12H,9-10,19H2. The van der Waals surface area contributed by atoms with Crippen molar-refractivity contribution >= 4 is 21.4 Å². The summed E-state index contributed by atoms with van der Waals surface area (Å²) < 4.78 is 15.2. The van der Waals surface area contributed by atoms with Gasteiger partial charge in [-0.25, -0.2) is 4.39 Å². The average molecular weight is 285 g/mol. The molecular formula is C17H16FNS. The molecule has 0 amide bonds. The van der Waals surface area contributed by atoms with E-state index in [1.165, 1.54) is 21.7 Å². The molecule has 20 heavy (non-hydrogen) atoms. The van der Waals surface area contributed by atoms with E-state index in [-0.39, 0.29) is 11.7 Å². The third-order valence-corrected chi connectivity index (χ3v) is 4.67. The fourth-order valence-electron chi connectivity index (χ4n) is 2.58. The molecule has 1 aromatic heterocycles. The lowest BCUT2D eigenvalue weighted by Gasteiger charge is -2.15. The topological polar surface area (TPSA) is 26.0 Å². The highest BCUT2D eigenvalue weighted by Crippen LogP contribution is 2.30. The number of hydrogen-bond acceptors (Lipinski definition) is 2. The molecule has 0 fully saturated rings. The Bertz CT molecular complexity index is 720. The number of fused-ring (bicyclic) bond motifs is 1. The van der Waals surface area contributed by atoms with Crippen molar-refractivity contribution in [3.05, 3.63) is 70.9 Å². The molecule has 0 bridgehead atoms. The zero-order valence-electron chi connectivity index (χ0n) is 11.1. The van der Waals surface area contributed by atoms with E-state index in [0.29, 0.717) is 12.1 Å². The number of thiophene rings is 1. The van der Waals surface area contributed by atoms with E-state index in [1.807, 2.05) is 24.3 Å². The SMILES string of the molecule is NCC(Cc1csc2ccccc12)c1ccccc1F. The van der Waals surface area contributed by atoms with Crippen LogP contribution in [0, 0.1) is 5.82 Å². The zero-order valence-corrected chi connectivity index (χ0v) is 11.9. The van der Waals surface area contributed by atoms with Crippen molar-refractivity contribution in [2.24, 2.45) is 5.73 Å². The maximum absolute atomic E-state index is 13.9. The van der Waals surface area contributed by atoms with Crippen LogP contribution in [0.2, 0.25) is 0 Å². The summed E-state index contributed by atoms with van der Waals surface area (Å²) >= 11 is 1.73. The van der Waals surface area contributed by atoms with Crippen LogP contribution >= 0.6 is 11.3 Å². The van der Waals surface area contributed by atoms with Crippen LogP contribution < -0.4 is 5.73 Å². The molecule has 102 valence electrons. The van der Waals surface area contributed by atoms with E-state index in [9.17, 15) is 4.39 Å². The summed E-state index contributed by atoms with van der Waals surface area (Å²) in [4.78, 5) is 0. The van der Waals surface area contributed by atoms with Gasteiger partial charge in [0.05, 0.1) is 0 Å². The van der Waals surface area contributed by atoms with E-state index in [4.69, 9.17) is 5.73 Å². The van der Waals surface area contributed by atoms with Crippen LogP contribution in [0.4, 0.5) is 4.39 Å². The Morgan fingerprint density at radius 2 is 1.80 bits per heavy atom. The van der Waals surface area contributed by atoms with Gasteiger partial charge in [0.1, 0.15) is 5.82 Å². The van der Waals surface area contributed by atoms with E-state index in [0.717, 1.165) is 6.42 Å². The largest absolute Gasteiger partial charge is 0.330 e. The number of benzene rings is 2. The Hall–Kier alpha value is -1.71. The molecule has 0 aliphatic heterocycles. The summed E-state index contributed by atoms with van der Waals surface area (Å²) in [5.41, 5.74) is 7.84. The maximum atomic E-state index is 13.9. The molecule has 2 N–H and O–H groups in total. The second-order valence-corrected chi connectivity index (χ2v) is 5.83. The van der Waals surface area contributed by atoms with Gasteiger partial charge in [-0.15, -0.1) is 11.3 Å². The molecule has 1 heterocycles. The lowest BCUT2D eigenvalue weighted by Crippen LogP contribution is -2.16. The molecule has 1 atom stereocenters. The third-order valence-electron chi connectivity index (χ3n) is 3.66. The van der Waals surface area contributed by atoms with E-state index >= 15 is 0 Å². The number of halogens is 1. The van der Waals surface area contributed by atoms with Gasteiger partial charge in [0.2, 0.25) is 0 Å². The van der Waals surface area contributed by atoms with Gasteiger partial charge in [-0.1, -0.05) is 36.4 Å². The predicted octanol–water partition coefficient (Wildman–Crippen LogP) is 4.33. The number of nitrogens with two attached hydrogens (primary N) is 1. The minimum atomic E-state index is -0.164. The number of hydrogen-bond donors (Lipinski definition) is 1. The summed E-state index contributed by atoms with van der Waals surface area (Å²) in [6, 6.07) is 15.2. The van der Waals surface area contributed by atoms with Gasteiger partial charge in [-0.05, 0) is 47.0 Å². The summed E-state index contributed by atoms with van der Waals surface area (Å²) in [5.74, 6) is -0.142. The lowest BCUT2D eigenvalue weighted by atomic mass is 9.91. The van der Waals surface area contributed by atoms with Crippen LogP contribution in [0.25, 0.3) is 10.1 Å². The third kappa shape index (κ3) is 2.47. The molecule has 3 rings (SSSR count). The first kappa shape index (κ1) is 13.3. The highest BCUT2D eigenvalue weighted by molar-refractivity contribution is 7.17. The second kappa shape index (κ2) is 5.73. The summed E-state index contributed by atoms with van der Waals surface area (Å²) in [6.07, 6.45) is 0.779. The Labute approximate surface area is 121 Å². The van der Waals surface area contributed by atoms with Crippen LogP contribution in [0.15, 0.2) is 53.9 Å². The van der Waals surface area contributed by atoms with Crippen molar-refractivity contribution in [3.8, 4) is 0 Å². The van der Waals surface area contributed by atoms with Gasteiger partial charge in [0.25, 0.3) is 0 Å². The minimum absolute atomic E-state index is 0.0224. The highest BCUT2D eigenvalue weighted by Gasteiger charge is 2.16. The van der Waals surface area contributed by atoms with E-state index in [1.54, 1.807) is 17.4 Å². The molecule has 3 aromatic rings. The van der Waals surface area contributed by atoms with Gasteiger partial charge in [0, 0.05) is 10.6 Å². The predicted molar refractivity (Wildman–Crippen MR) is 83.7 cm³/mol. The zero-order chi connectivity index (χ0) is 13.9. The fraction of sp³-hybridized carbons (Fsp3) is 0.176. The van der Waals surface area contributed by atoms with Crippen molar-refractivity contribution in [1.82, 2.24) is 0 Å². The van der Waals surface area contributed by atoms with E-state index in [2.05, 4.69) is 17.5 Å². The van der Waals surface area contributed by atoms with Crippen LogP contribution in [0.5, 0.6) is 0 Å². The second-order valence-electron chi connectivity index (χ2n) is 4.92. The van der Waals surface area contributed by atoms with Crippen molar-refractivity contribution in [2.75, 3.05) is 6.54 Å². The maximum Gasteiger partial charge on any atom is 0.126 e. The molecule has 0 aliphatic rings. The van der Waals surface area contributed by atoms with Crippen LogP contribution in [0.1, 0.15) is 17.0 Å². The van der Waals surface area contributed by atoms with Crippen LogP contribution in [0.3, 0.4) is 0 Å². The monoisotopic (exact) mass is 285 g/mol. The lowest BCUT2D eigenvalue weighted by molar-refractivity contribution is 0.576. The van der Waals surface area contributed by atoms with Gasteiger partial charge >= 0.3 is 0 Å².